The van der Waals surface area contributed by atoms with Crippen LogP contribution in [0.1, 0.15) is 27.7 Å². The lowest BCUT2D eigenvalue weighted by molar-refractivity contribution is -0.141. The standard InChI is InChI=1S/C15H28N4O5S/c1-7(2)11(16)13(21)19-12(8(3)4)14(22)17-5-10(20)18-9(6-25)15(23)24/h7-9,11-12,25H,5-6,16H2,1-4H3,(H,17,22)(H,18,20)(H,19,21)(H,23,24). The Labute approximate surface area is 152 Å². The van der Waals surface area contributed by atoms with E-state index < -0.39 is 48.4 Å². The maximum atomic E-state index is 12.2. The number of hydrogen-bond donors (Lipinski definition) is 6. The topological polar surface area (TPSA) is 151 Å². The molecule has 0 heterocycles. The highest BCUT2D eigenvalue weighted by Crippen LogP contribution is 2.04. The minimum Gasteiger partial charge on any atom is -0.480 e. The van der Waals surface area contributed by atoms with Gasteiger partial charge in [-0.1, -0.05) is 27.7 Å². The number of nitrogens with one attached hydrogen (secondary N) is 3. The second-order valence-electron chi connectivity index (χ2n) is 6.36. The van der Waals surface area contributed by atoms with Gasteiger partial charge >= 0.3 is 5.97 Å². The van der Waals surface area contributed by atoms with E-state index in [4.69, 9.17) is 10.8 Å². The Morgan fingerprint density at radius 1 is 1.00 bits per heavy atom. The number of carbonyl (C=O) groups is 4. The molecule has 0 aromatic heterocycles. The number of aliphatic carboxylic acids is 1. The van der Waals surface area contributed by atoms with Crippen LogP contribution in [0.4, 0.5) is 0 Å². The van der Waals surface area contributed by atoms with Crippen molar-refractivity contribution in [3.8, 4) is 0 Å². The fourth-order valence-corrected chi connectivity index (χ4v) is 2.04. The van der Waals surface area contributed by atoms with Gasteiger partial charge in [0, 0.05) is 5.75 Å². The Hall–Kier alpha value is -1.81. The van der Waals surface area contributed by atoms with Crippen LogP contribution < -0.4 is 21.7 Å². The van der Waals surface area contributed by atoms with E-state index in [0.29, 0.717) is 0 Å². The molecule has 9 nitrogen and oxygen atoms in total. The van der Waals surface area contributed by atoms with Crippen molar-refractivity contribution in [2.24, 2.45) is 17.6 Å². The molecule has 6 N–H and O–H groups in total. The van der Waals surface area contributed by atoms with Gasteiger partial charge in [-0.2, -0.15) is 12.6 Å². The number of hydrogen-bond acceptors (Lipinski definition) is 6. The monoisotopic (exact) mass is 376 g/mol. The number of rotatable bonds is 10. The number of carboxylic acid groups (broad SMARTS) is 1. The number of carboxylic acids is 1. The maximum absolute atomic E-state index is 12.2. The van der Waals surface area contributed by atoms with E-state index in [0.717, 1.165) is 0 Å². The Morgan fingerprint density at radius 3 is 1.96 bits per heavy atom. The lowest BCUT2D eigenvalue weighted by Gasteiger charge is -2.24. The number of amides is 3. The highest BCUT2D eigenvalue weighted by atomic mass is 32.1. The van der Waals surface area contributed by atoms with Gasteiger partial charge in [0.1, 0.15) is 12.1 Å². The first-order valence-corrected chi connectivity index (χ1v) is 8.61. The molecule has 0 aromatic rings. The Kier molecular flexibility index (Phi) is 10.1. The summed E-state index contributed by atoms with van der Waals surface area (Å²) >= 11 is 3.83. The van der Waals surface area contributed by atoms with Crippen molar-refractivity contribution in [2.75, 3.05) is 12.3 Å². The number of thiol groups is 1. The zero-order valence-electron chi connectivity index (χ0n) is 14.9. The van der Waals surface area contributed by atoms with Gasteiger partial charge in [-0.15, -0.1) is 0 Å². The van der Waals surface area contributed by atoms with E-state index in [-0.39, 0.29) is 17.6 Å². The van der Waals surface area contributed by atoms with E-state index in [1.165, 1.54) is 0 Å². The molecule has 0 fully saturated rings. The van der Waals surface area contributed by atoms with Gasteiger partial charge in [0.2, 0.25) is 17.7 Å². The molecule has 0 saturated carbocycles. The van der Waals surface area contributed by atoms with E-state index in [1.807, 2.05) is 0 Å². The third-order valence-electron chi connectivity index (χ3n) is 3.51. The molecule has 0 aliphatic rings. The second kappa shape index (κ2) is 10.9. The van der Waals surface area contributed by atoms with E-state index in [1.54, 1.807) is 27.7 Å². The molecule has 0 aliphatic carbocycles. The van der Waals surface area contributed by atoms with Crippen LogP contribution in [0.5, 0.6) is 0 Å². The van der Waals surface area contributed by atoms with Crippen molar-refractivity contribution in [1.82, 2.24) is 16.0 Å². The molecule has 0 rings (SSSR count). The van der Waals surface area contributed by atoms with Crippen LogP contribution in [-0.4, -0.2) is 59.2 Å². The molecule has 3 atom stereocenters. The summed E-state index contributed by atoms with van der Waals surface area (Å²) in [5, 5.41) is 16.0. The maximum Gasteiger partial charge on any atom is 0.327 e. The molecule has 25 heavy (non-hydrogen) atoms. The summed E-state index contributed by atoms with van der Waals surface area (Å²) in [6.45, 7) is 6.66. The Bertz CT molecular complexity index is 498. The lowest BCUT2D eigenvalue weighted by atomic mass is 10.0. The second-order valence-corrected chi connectivity index (χ2v) is 6.72. The van der Waals surface area contributed by atoms with Crippen molar-refractivity contribution in [3.05, 3.63) is 0 Å². The first-order chi connectivity index (χ1) is 11.5. The highest BCUT2D eigenvalue weighted by molar-refractivity contribution is 7.80. The summed E-state index contributed by atoms with van der Waals surface area (Å²) in [6.07, 6.45) is 0. The highest BCUT2D eigenvalue weighted by Gasteiger charge is 2.28. The van der Waals surface area contributed by atoms with Gasteiger partial charge in [0.05, 0.1) is 12.6 Å². The normalized spacial score (nSPS) is 14.6. The molecule has 0 spiro atoms. The van der Waals surface area contributed by atoms with Crippen LogP contribution in [0, 0.1) is 11.8 Å². The Balaban J connectivity index is 4.68. The van der Waals surface area contributed by atoms with Crippen LogP contribution in [0.15, 0.2) is 0 Å². The molecular formula is C15H28N4O5S. The molecule has 0 bridgehead atoms. The Morgan fingerprint density at radius 2 is 1.56 bits per heavy atom. The molecule has 144 valence electrons. The van der Waals surface area contributed by atoms with Gasteiger partial charge in [0.15, 0.2) is 0 Å². The average Bonchev–Trinajstić information content (AvgIpc) is 2.53. The van der Waals surface area contributed by atoms with Crippen LogP contribution >= 0.6 is 12.6 Å². The summed E-state index contributed by atoms with van der Waals surface area (Å²) in [6, 6.07) is -2.74. The van der Waals surface area contributed by atoms with Gasteiger partial charge in [-0.3, -0.25) is 14.4 Å². The summed E-state index contributed by atoms with van der Waals surface area (Å²) in [5.74, 6) is -3.27. The van der Waals surface area contributed by atoms with Crippen molar-refractivity contribution < 1.29 is 24.3 Å². The fraction of sp³-hybridized carbons (Fsp3) is 0.733. The summed E-state index contributed by atoms with van der Waals surface area (Å²) in [4.78, 5) is 46.8. The zero-order valence-corrected chi connectivity index (χ0v) is 15.8. The molecule has 0 aromatic carbocycles. The molecule has 0 aliphatic heterocycles. The smallest absolute Gasteiger partial charge is 0.327 e. The van der Waals surface area contributed by atoms with Crippen LogP contribution in [0.2, 0.25) is 0 Å². The third kappa shape index (κ3) is 8.21. The minimum absolute atomic E-state index is 0.0766. The largest absolute Gasteiger partial charge is 0.480 e. The summed E-state index contributed by atoms with van der Waals surface area (Å²) in [5.41, 5.74) is 5.76. The van der Waals surface area contributed by atoms with Crippen molar-refractivity contribution in [1.29, 1.82) is 0 Å². The van der Waals surface area contributed by atoms with Crippen LogP contribution in [0.25, 0.3) is 0 Å². The van der Waals surface area contributed by atoms with Gasteiger partial charge < -0.3 is 26.8 Å². The first-order valence-electron chi connectivity index (χ1n) is 7.97. The first kappa shape index (κ1) is 23.2. The minimum atomic E-state index is -1.22. The molecule has 0 radical (unpaired) electrons. The predicted molar refractivity (Wildman–Crippen MR) is 96.0 cm³/mol. The molecule has 0 saturated heterocycles. The summed E-state index contributed by atoms with van der Waals surface area (Å²) in [7, 11) is 0. The fourth-order valence-electron chi connectivity index (χ4n) is 1.80. The number of carbonyl (C=O) groups excluding carboxylic acids is 3. The van der Waals surface area contributed by atoms with E-state index in [2.05, 4.69) is 28.6 Å². The molecular weight excluding hydrogens is 348 g/mol. The zero-order chi connectivity index (χ0) is 19.7. The van der Waals surface area contributed by atoms with E-state index >= 15 is 0 Å². The van der Waals surface area contributed by atoms with Crippen LogP contribution in [0.3, 0.4) is 0 Å². The van der Waals surface area contributed by atoms with Crippen molar-refractivity contribution >= 4 is 36.3 Å². The van der Waals surface area contributed by atoms with Crippen molar-refractivity contribution in [2.45, 2.75) is 45.8 Å². The van der Waals surface area contributed by atoms with Crippen molar-refractivity contribution in [3.63, 3.8) is 0 Å². The summed E-state index contributed by atoms with van der Waals surface area (Å²) < 4.78 is 0. The molecule has 3 unspecified atom stereocenters. The third-order valence-corrected chi connectivity index (χ3v) is 3.87. The number of nitrogens with two attached hydrogens (primary N) is 1. The average molecular weight is 376 g/mol. The van der Waals surface area contributed by atoms with Gasteiger partial charge in [0.25, 0.3) is 0 Å². The molecule has 3 amide bonds. The van der Waals surface area contributed by atoms with E-state index in [9.17, 15) is 19.2 Å². The predicted octanol–water partition coefficient (Wildman–Crippen LogP) is -1.27. The van der Waals surface area contributed by atoms with Gasteiger partial charge in [-0.05, 0) is 11.8 Å². The van der Waals surface area contributed by atoms with Gasteiger partial charge in [-0.25, -0.2) is 4.79 Å². The van der Waals surface area contributed by atoms with Crippen LogP contribution in [-0.2, 0) is 19.2 Å². The SMILES string of the molecule is CC(C)C(N)C(=O)NC(C(=O)NCC(=O)NC(CS)C(=O)O)C(C)C. The lowest BCUT2D eigenvalue weighted by Crippen LogP contribution is -2.56. The quantitative estimate of drug-likeness (QED) is 0.262. The molecule has 10 heteroatoms.